The molecule has 2 saturated carbocycles. The third kappa shape index (κ3) is 1.66. The molecule has 0 atom stereocenters. The van der Waals surface area contributed by atoms with E-state index in [-0.39, 0.29) is 5.41 Å². The van der Waals surface area contributed by atoms with Crippen LogP contribution >= 0.6 is 0 Å². The standard InChI is InChI=1S/C14H23NO/c16-13(15-9-3-1-2-4-10-15)14-7-5-12(11-14)6-8-14/h12H,1-11H2. The van der Waals surface area contributed by atoms with Gasteiger partial charge in [0.05, 0.1) is 0 Å². The van der Waals surface area contributed by atoms with Gasteiger partial charge in [-0.1, -0.05) is 12.8 Å². The van der Waals surface area contributed by atoms with Crippen LogP contribution in [0.25, 0.3) is 0 Å². The molecule has 0 spiro atoms. The van der Waals surface area contributed by atoms with E-state index in [0.29, 0.717) is 5.91 Å². The number of fused-ring (bicyclic) bond motifs is 2. The molecule has 1 heterocycles. The summed E-state index contributed by atoms with van der Waals surface area (Å²) in [7, 11) is 0. The second-order valence-corrected chi connectivity index (χ2v) is 6.13. The lowest BCUT2D eigenvalue weighted by Crippen LogP contribution is -2.42. The average Bonchev–Trinajstić information content (AvgIpc) is 2.81. The van der Waals surface area contributed by atoms with Crippen molar-refractivity contribution in [1.29, 1.82) is 0 Å². The summed E-state index contributed by atoms with van der Waals surface area (Å²) >= 11 is 0. The minimum absolute atomic E-state index is 0.106. The van der Waals surface area contributed by atoms with Crippen LogP contribution in [-0.4, -0.2) is 23.9 Å². The highest BCUT2D eigenvalue weighted by atomic mass is 16.2. The van der Waals surface area contributed by atoms with Crippen molar-refractivity contribution in [2.24, 2.45) is 11.3 Å². The van der Waals surface area contributed by atoms with E-state index in [1.807, 2.05) is 0 Å². The van der Waals surface area contributed by atoms with E-state index in [1.165, 1.54) is 57.8 Å². The molecular weight excluding hydrogens is 198 g/mol. The molecule has 2 heteroatoms. The zero-order valence-electron chi connectivity index (χ0n) is 10.2. The fourth-order valence-electron chi connectivity index (χ4n) is 4.10. The van der Waals surface area contributed by atoms with Crippen LogP contribution in [0.4, 0.5) is 0 Å². The first-order chi connectivity index (χ1) is 7.80. The van der Waals surface area contributed by atoms with E-state index < -0.39 is 0 Å². The number of carbonyl (C=O) groups is 1. The van der Waals surface area contributed by atoms with Gasteiger partial charge in [-0.2, -0.15) is 0 Å². The summed E-state index contributed by atoms with van der Waals surface area (Å²) in [4.78, 5) is 14.9. The molecule has 3 aliphatic rings. The summed E-state index contributed by atoms with van der Waals surface area (Å²) in [5.74, 6) is 1.41. The molecule has 0 N–H and O–H groups in total. The Labute approximate surface area is 98.4 Å². The minimum atomic E-state index is 0.106. The summed E-state index contributed by atoms with van der Waals surface area (Å²) < 4.78 is 0. The quantitative estimate of drug-likeness (QED) is 0.666. The van der Waals surface area contributed by atoms with Gasteiger partial charge in [-0.3, -0.25) is 4.79 Å². The molecule has 3 fully saturated rings. The van der Waals surface area contributed by atoms with Crippen LogP contribution in [0.3, 0.4) is 0 Å². The van der Waals surface area contributed by atoms with E-state index in [1.54, 1.807) is 0 Å². The van der Waals surface area contributed by atoms with Gasteiger partial charge in [0.15, 0.2) is 0 Å². The molecule has 90 valence electrons. The molecule has 0 aromatic rings. The van der Waals surface area contributed by atoms with Gasteiger partial charge >= 0.3 is 0 Å². The van der Waals surface area contributed by atoms with Crippen molar-refractivity contribution in [2.75, 3.05) is 13.1 Å². The Bertz CT molecular complexity index is 270. The van der Waals surface area contributed by atoms with Crippen LogP contribution in [0.5, 0.6) is 0 Å². The van der Waals surface area contributed by atoms with Crippen LogP contribution < -0.4 is 0 Å². The molecule has 0 unspecified atom stereocenters. The number of carbonyl (C=O) groups excluding carboxylic acids is 1. The first-order valence-electron chi connectivity index (χ1n) is 7.10. The highest BCUT2D eigenvalue weighted by molar-refractivity contribution is 5.83. The Kier molecular flexibility index (Phi) is 2.68. The Morgan fingerprint density at radius 3 is 2.12 bits per heavy atom. The third-order valence-electron chi connectivity index (χ3n) is 5.09. The topological polar surface area (TPSA) is 20.3 Å². The molecule has 1 saturated heterocycles. The van der Waals surface area contributed by atoms with Gasteiger partial charge in [-0.05, 0) is 50.9 Å². The van der Waals surface area contributed by atoms with Crippen molar-refractivity contribution in [3.8, 4) is 0 Å². The smallest absolute Gasteiger partial charge is 0.228 e. The van der Waals surface area contributed by atoms with Crippen molar-refractivity contribution in [3.63, 3.8) is 0 Å². The molecule has 2 nitrogen and oxygen atoms in total. The van der Waals surface area contributed by atoms with E-state index in [2.05, 4.69) is 4.90 Å². The normalized spacial score (nSPS) is 38.8. The maximum atomic E-state index is 12.7. The molecular formula is C14H23NO. The number of amides is 1. The van der Waals surface area contributed by atoms with Gasteiger partial charge in [0.1, 0.15) is 0 Å². The summed E-state index contributed by atoms with van der Waals surface area (Å²) in [5, 5.41) is 0. The summed E-state index contributed by atoms with van der Waals surface area (Å²) in [5.41, 5.74) is 0.106. The second kappa shape index (κ2) is 4.05. The molecule has 1 aliphatic heterocycles. The predicted octanol–water partition coefficient (Wildman–Crippen LogP) is 2.97. The molecule has 2 bridgehead atoms. The molecule has 0 aromatic carbocycles. The highest BCUT2D eigenvalue weighted by Crippen LogP contribution is 2.55. The number of nitrogens with zero attached hydrogens (tertiary/aromatic N) is 1. The van der Waals surface area contributed by atoms with E-state index >= 15 is 0 Å². The van der Waals surface area contributed by atoms with Gasteiger partial charge < -0.3 is 4.90 Å². The van der Waals surface area contributed by atoms with Crippen LogP contribution in [-0.2, 0) is 4.79 Å². The maximum absolute atomic E-state index is 12.7. The first-order valence-corrected chi connectivity index (χ1v) is 7.10. The van der Waals surface area contributed by atoms with Crippen LogP contribution in [0, 0.1) is 11.3 Å². The lowest BCUT2D eigenvalue weighted by atomic mass is 9.83. The monoisotopic (exact) mass is 221 g/mol. The van der Waals surface area contributed by atoms with Crippen LogP contribution in [0.15, 0.2) is 0 Å². The van der Waals surface area contributed by atoms with Crippen molar-refractivity contribution in [1.82, 2.24) is 4.90 Å². The maximum Gasteiger partial charge on any atom is 0.228 e. The number of rotatable bonds is 1. The number of hydrogen-bond donors (Lipinski definition) is 0. The highest BCUT2D eigenvalue weighted by Gasteiger charge is 2.51. The fourth-order valence-corrected chi connectivity index (χ4v) is 4.10. The lowest BCUT2D eigenvalue weighted by Gasteiger charge is -2.32. The van der Waals surface area contributed by atoms with E-state index in [9.17, 15) is 4.79 Å². The zero-order chi connectivity index (χ0) is 11.0. The molecule has 0 aromatic heterocycles. The Morgan fingerprint density at radius 1 is 1.00 bits per heavy atom. The predicted molar refractivity (Wildman–Crippen MR) is 64.1 cm³/mol. The van der Waals surface area contributed by atoms with Crippen molar-refractivity contribution < 1.29 is 4.79 Å². The molecule has 0 radical (unpaired) electrons. The van der Waals surface area contributed by atoms with Gasteiger partial charge in [0, 0.05) is 18.5 Å². The molecule has 16 heavy (non-hydrogen) atoms. The minimum Gasteiger partial charge on any atom is -0.342 e. The first kappa shape index (κ1) is 10.6. The average molecular weight is 221 g/mol. The summed E-state index contributed by atoms with van der Waals surface area (Å²) in [6, 6.07) is 0. The van der Waals surface area contributed by atoms with E-state index in [4.69, 9.17) is 0 Å². The van der Waals surface area contributed by atoms with Crippen LogP contribution in [0.2, 0.25) is 0 Å². The summed E-state index contributed by atoms with van der Waals surface area (Å²) in [6.07, 6.45) is 11.3. The van der Waals surface area contributed by atoms with E-state index in [0.717, 1.165) is 19.0 Å². The Balaban J connectivity index is 1.71. The van der Waals surface area contributed by atoms with Crippen molar-refractivity contribution in [3.05, 3.63) is 0 Å². The Morgan fingerprint density at radius 2 is 1.62 bits per heavy atom. The number of hydrogen-bond acceptors (Lipinski definition) is 1. The SMILES string of the molecule is O=C(N1CCCCCC1)C12CCC(CC1)C2. The number of likely N-dealkylation sites (tertiary alicyclic amines) is 1. The Hall–Kier alpha value is -0.530. The summed E-state index contributed by atoms with van der Waals surface area (Å²) in [6.45, 7) is 2.07. The second-order valence-electron chi connectivity index (χ2n) is 6.13. The van der Waals surface area contributed by atoms with Gasteiger partial charge in [0.25, 0.3) is 0 Å². The lowest BCUT2D eigenvalue weighted by molar-refractivity contribution is -0.141. The molecule has 3 rings (SSSR count). The molecule has 1 amide bonds. The van der Waals surface area contributed by atoms with Gasteiger partial charge in [0.2, 0.25) is 5.91 Å². The largest absolute Gasteiger partial charge is 0.342 e. The van der Waals surface area contributed by atoms with Crippen molar-refractivity contribution >= 4 is 5.91 Å². The molecule has 2 aliphatic carbocycles. The van der Waals surface area contributed by atoms with Gasteiger partial charge in [-0.15, -0.1) is 0 Å². The van der Waals surface area contributed by atoms with Gasteiger partial charge in [-0.25, -0.2) is 0 Å². The van der Waals surface area contributed by atoms with Crippen LogP contribution in [0.1, 0.15) is 57.8 Å². The fraction of sp³-hybridized carbons (Fsp3) is 0.929. The third-order valence-corrected chi connectivity index (χ3v) is 5.09. The van der Waals surface area contributed by atoms with Crippen molar-refractivity contribution in [2.45, 2.75) is 57.8 Å². The zero-order valence-corrected chi connectivity index (χ0v) is 10.2.